The van der Waals surface area contributed by atoms with Gasteiger partial charge in [0, 0.05) is 0 Å². The van der Waals surface area contributed by atoms with Crippen LogP contribution < -0.4 is 58.7 Å². The Balaban J connectivity index is -0.0000000218. The average molecular weight is 560 g/mol. The number of hydrogen-bond donors (Lipinski definition) is 0. The van der Waals surface area contributed by atoms with Gasteiger partial charge in [-0.1, -0.05) is 83.1 Å². The van der Waals surface area contributed by atoms with E-state index in [1.807, 2.05) is 83.1 Å². The van der Waals surface area contributed by atoms with Gasteiger partial charge in [-0.3, -0.25) is 0 Å². The summed E-state index contributed by atoms with van der Waals surface area (Å²) in [4.78, 5) is 103. The zero-order valence-electron chi connectivity index (χ0n) is 20.3. The van der Waals surface area contributed by atoms with Crippen molar-refractivity contribution in [1.82, 2.24) is 0 Å². The molecule has 0 heterocycles. The van der Waals surface area contributed by atoms with E-state index >= 15 is 0 Å². The molecule has 0 saturated heterocycles. The fourth-order valence-electron chi connectivity index (χ4n) is 0. The summed E-state index contributed by atoms with van der Waals surface area (Å²) in [5.41, 5.74) is 0. The van der Waals surface area contributed by atoms with Gasteiger partial charge in [-0.2, -0.15) is 31.3 Å². The first-order valence-corrected chi connectivity index (χ1v) is 14.8. The van der Waals surface area contributed by atoms with Gasteiger partial charge in [0.1, 0.15) is 0 Å². The number of phosphoric acid groups is 4. The summed E-state index contributed by atoms with van der Waals surface area (Å²) < 4.78 is 34.2. The highest BCUT2D eigenvalue weighted by Crippen LogP contribution is 2.04. The number of rotatable bonds is 0. The second kappa shape index (κ2) is 48.8. The molecule has 32 heavy (non-hydrogen) atoms. The van der Waals surface area contributed by atoms with E-state index in [9.17, 15) is 0 Å². The quantitative estimate of drug-likeness (QED) is 0.250. The van der Waals surface area contributed by atoms with Crippen LogP contribution in [0, 0.1) is 0 Å². The summed E-state index contributed by atoms with van der Waals surface area (Å²) in [6.45, 7) is 24.0. The van der Waals surface area contributed by atoms with Crippen LogP contribution in [-0.4, -0.2) is 0 Å². The molecule has 0 saturated carbocycles. The first kappa shape index (κ1) is 63.7. The maximum Gasteiger partial charge on any atom is -0.0683 e. The summed E-state index contributed by atoms with van der Waals surface area (Å²) >= 11 is 0. The lowest BCUT2D eigenvalue weighted by molar-refractivity contribution is -0.434. The van der Waals surface area contributed by atoms with Gasteiger partial charge in [0.05, 0.1) is 0 Å². The molecule has 20 heteroatoms. The van der Waals surface area contributed by atoms with Crippen LogP contribution in [0.2, 0.25) is 0 Å². The van der Waals surface area contributed by atoms with Crippen molar-refractivity contribution in [3.05, 3.63) is 0 Å². The highest BCUT2D eigenvalue weighted by atomic mass is 31.2. The molecule has 0 unspecified atom stereocenters. The third-order valence-electron chi connectivity index (χ3n) is 0. The standard InChI is InChI=1S/6C2H6.4H3O4P/c6*1-2;4*1-5(2,3)4/h6*1-2H3;4*(H3,1,2,3,4)/p-12. The summed E-state index contributed by atoms with van der Waals surface area (Å²) in [5.74, 6) is 0. The van der Waals surface area contributed by atoms with Gasteiger partial charge in [0.25, 0.3) is 0 Å². The minimum Gasteiger partial charge on any atom is -0.822 e. The van der Waals surface area contributed by atoms with Crippen molar-refractivity contribution in [2.24, 2.45) is 0 Å². The zero-order valence-corrected chi connectivity index (χ0v) is 23.9. The molecule has 0 N–H and O–H groups in total. The van der Waals surface area contributed by atoms with E-state index in [1.54, 1.807) is 0 Å². The molecule has 0 spiro atoms. The van der Waals surface area contributed by atoms with Gasteiger partial charge < -0.3 is 77.0 Å². The van der Waals surface area contributed by atoms with Crippen molar-refractivity contribution in [2.45, 2.75) is 83.1 Å². The fourth-order valence-corrected chi connectivity index (χ4v) is 0. The Morgan fingerprint density at radius 2 is 0.250 bits per heavy atom. The number of hydrogen-bond acceptors (Lipinski definition) is 16. The summed E-state index contributed by atoms with van der Waals surface area (Å²) in [5, 5.41) is 0. The minimum atomic E-state index is -5.39. The predicted octanol–water partition coefficient (Wildman–Crippen LogP) is -5.14. The minimum absolute atomic E-state index is 2.00. The molecule has 16 nitrogen and oxygen atoms in total. The third-order valence-corrected chi connectivity index (χ3v) is 0. The Hall–Kier alpha value is 0.440. The van der Waals surface area contributed by atoms with Crippen molar-refractivity contribution >= 4 is 31.3 Å². The van der Waals surface area contributed by atoms with E-state index < -0.39 is 31.3 Å². The van der Waals surface area contributed by atoms with Crippen LogP contribution in [0.3, 0.4) is 0 Å². The van der Waals surface area contributed by atoms with Crippen LogP contribution in [0.15, 0.2) is 0 Å². The predicted molar refractivity (Wildman–Crippen MR) is 98.5 cm³/mol. The molecule has 0 amide bonds. The molecule has 0 aliphatic carbocycles. The molecule has 0 aromatic heterocycles. The van der Waals surface area contributed by atoms with Gasteiger partial charge >= 0.3 is 0 Å². The Labute approximate surface area is 192 Å². The lowest BCUT2D eigenvalue weighted by Crippen LogP contribution is -2.24. The van der Waals surface area contributed by atoms with Crippen LogP contribution in [-0.2, 0) is 18.3 Å². The second-order valence-corrected chi connectivity index (χ2v) is 5.37. The van der Waals surface area contributed by atoms with Gasteiger partial charge in [0.2, 0.25) is 0 Å². The van der Waals surface area contributed by atoms with E-state index in [0.29, 0.717) is 0 Å². The first-order chi connectivity index (χ1) is 14.0. The molecular weight excluding hydrogens is 524 g/mol. The Bertz CT molecular complexity index is 310. The van der Waals surface area contributed by atoms with Crippen LogP contribution in [0.5, 0.6) is 0 Å². The molecule has 0 aromatic carbocycles. The Morgan fingerprint density at radius 1 is 0.250 bits per heavy atom. The lowest BCUT2D eigenvalue weighted by Gasteiger charge is -2.36. The molecule has 0 aliphatic heterocycles. The molecule has 0 radical (unpaired) electrons. The molecule has 0 rings (SSSR count). The van der Waals surface area contributed by atoms with Crippen molar-refractivity contribution in [1.29, 1.82) is 0 Å². The van der Waals surface area contributed by atoms with Crippen LogP contribution in [0.25, 0.3) is 0 Å². The molecule has 0 fully saturated rings. The van der Waals surface area contributed by atoms with E-state index in [0.717, 1.165) is 0 Å². The normalized spacial score (nSPS) is 8.50. The SMILES string of the molecule is CC.CC.CC.CC.CC.CC.O=P([O-])([O-])[O-].O=P([O-])([O-])[O-].O=P([O-])([O-])[O-].O=P([O-])([O-])[O-]. The van der Waals surface area contributed by atoms with Gasteiger partial charge in [0.15, 0.2) is 0 Å². The maximum absolute atomic E-state index is 8.55. The first-order valence-electron chi connectivity index (χ1n) is 8.92. The molecule has 0 aliphatic rings. The zero-order chi connectivity index (χ0) is 30.0. The second-order valence-electron chi connectivity index (χ2n) is 1.79. The van der Waals surface area contributed by atoms with Crippen molar-refractivity contribution in [2.75, 3.05) is 0 Å². The topological polar surface area (TPSA) is 345 Å². The molecular formula is C12H36O16P4-12. The molecule has 212 valence electrons. The average Bonchev–Trinajstić information content (AvgIpc) is 2.59. The van der Waals surface area contributed by atoms with Gasteiger partial charge in [-0.15, -0.1) is 0 Å². The fraction of sp³-hybridized carbons (Fsp3) is 1.00. The lowest BCUT2D eigenvalue weighted by atomic mass is 11.0. The maximum atomic E-state index is 8.55. The molecule has 0 atom stereocenters. The van der Waals surface area contributed by atoms with Crippen LogP contribution >= 0.6 is 31.3 Å². The molecule has 0 aromatic rings. The smallest absolute Gasteiger partial charge is 0.0683 e. The van der Waals surface area contributed by atoms with Crippen molar-refractivity contribution in [3.63, 3.8) is 0 Å². The van der Waals surface area contributed by atoms with Crippen LogP contribution in [0.4, 0.5) is 0 Å². The summed E-state index contributed by atoms with van der Waals surface area (Å²) in [7, 11) is -21.6. The van der Waals surface area contributed by atoms with Gasteiger partial charge in [-0.25, -0.2) is 0 Å². The van der Waals surface area contributed by atoms with E-state index in [-0.39, 0.29) is 0 Å². The van der Waals surface area contributed by atoms with Crippen molar-refractivity contribution < 1.29 is 77.0 Å². The van der Waals surface area contributed by atoms with Gasteiger partial charge in [-0.05, 0) is 0 Å². The summed E-state index contributed by atoms with van der Waals surface area (Å²) in [6, 6.07) is 0. The van der Waals surface area contributed by atoms with Crippen molar-refractivity contribution in [3.8, 4) is 0 Å². The largest absolute Gasteiger partial charge is 0.822 e. The highest BCUT2D eigenvalue weighted by molar-refractivity contribution is 7.41. The monoisotopic (exact) mass is 560 g/mol. The Kier molecular flexibility index (Phi) is 97.1. The van der Waals surface area contributed by atoms with E-state index in [1.165, 1.54) is 0 Å². The van der Waals surface area contributed by atoms with Crippen LogP contribution in [0.1, 0.15) is 83.1 Å². The van der Waals surface area contributed by atoms with E-state index in [2.05, 4.69) is 0 Å². The molecule has 0 bridgehead atoms. The Morgan fingerprint density at radius 3 is 0.250 bits per heavy atom. The highest BCUT2D eigenvalue weighted by Gasteiger charge is 1.46. The third kappa shape index (κ3) is 136000. The van der Waals surface area contributed by atoms with E-state index in [4.69, 9.17) is 77.0 Å². The summed E-state index contributed by atoms with van der Waals surface area (Å²) in [6.07, 6.45) is 0.